The van der Waals surface area contributed by atoms with Crippen LogP contribution in [-0.2, 0) is 5.75 Å². The number of rotatable bonds is 5. The highest BCUT2D eigenvalue weighted by atomic mass is 79.9. The highest BCUT2D eigenvalue weighted by Crippen LogP contribution is 2.29. The fourth-order valence-electron chi connectivity index (χ4n) is 2.24. The molecule has 1 aromatic carbocycles. The first kappa shape index (κ1) is 16.9. The first-order valence-corrected chi connectivity index (χ1v) is 9.43. The number of nitrogens with zero attached hydrogens (tertiary/aromatic N) is 5. The van der Waals surface area contributed by atoms with Crippen LogP contribution in [-0.4, -0.2) is 25.3 Å². The van der Waals surface area contributed by atoms with E-state index in [0.717, 1.165) is 21.2 Å². The molecular weight excluding hydrogens is 418 g/mol. The van der Waals surface area contributed by atoms with Crippen molar-refractivity contribution >= 4 is 27.7 Å². The lowest BCUT2D eigenvalue weighted by molar-refractivity contribution is 0.391. The Kier molecular flexibility index (Phi) is 4.81. The van der Waals surface area contributed by atoms with Crippen molar-refractivity contribution < 1.29 is 8.94 Å². The van der Waals surface area contributed by atoms with Crippen LogP contribution in [0.3, 0.4) is 0 Å². The van der Waals surface area contributed by atoms with Crippen molar-refractivity contribution in [3.05, 3.63) is 58.7 Å². The Labute approximate surface area is 161 Å². The lowest BCUT2D eigenvalue weighted by Crippen LogP contribution is -1.85. The second-order valence-corrected chi connectivity index (χ2v) is 7.17. The molecule has 0 amide bonds. The molecule has 0 aliphatic heterocycles. The summed E-state index contributed by atoms with van der Waals surface area (Å²) in [7, 11) is 0. The summed E-state index contributed by atoms with van der Waals surface area (Å²) in [6, 6.07) is 9.61. The zero-order valence-corrected chi connectivity index (χ0v) is 16.0. The van der Waals surface area contributed by atoms with E-state index in [1.165, 1.54) is 11.8 Å². The van der Waals surface area contributed by atoms with Crippen LogP contribution < -0.4 is 0 Å². The number of thioether (sulfide) groups is 1. The van der Waals surface area contributed by atoms with Gasteiger partial charge in [0.2, 0.25) is 17.6 Å². The summed E-state index contributed by atoms with van der Waals surface area (Å²) in [5, 5.41) is 12.6. The van der Waals surface area contributed by atoms with E-state index >= 15 is 0 Å². The molecule has 9 heteroatoms. The molecule has 0 atom stereocenters. The van der Waals surface area contributed by atoms with Gasteiger partial charge in [0.05, 0.1) is 5.75 Å². The third-order valence-corrected chi connectivity index (χ3v) is 4.98. The minimum atomic E-state index is 0.438. The van der Waals surface area contributed by atoms with Gasteiger partial charge in [0.1, 0.15) is 0 Å². The van der Waals surface area contributed by atoms with Gasteiger partial charge in [0, 0.05) is 28.0 Å². The second-order valence-electron chi connectivity index (χ2n) is 5.39. The predicted octanol–water partition coefficient (Wildman–Crippen LogP) is 4.54. The largest absolute Gasteiger partial charge is 0.411 e. The summed E-state index contributed by atoms with van der Waals surface area (Å²) < 4.78 is 11.9. The highest BCUT2D eigenvalue weighted by molar-refractivity contribution is 9.10. The molecule has 4 aromatic rings. The molecule has 130 valence electrons. The maximum Gasteiger partial charge on any atom is 0.277 e. The van der Waals surface area contributed by atoms with Crippen LogP contribution >= 0.6 is 27.7 Å². The molecule has 0 saturated carbocycles. The molecule has 3 heterocycles. The third kappa shape index (κ3) is 3.68. The van der Waals surface area contributed by atoms with E-state index in [0.29, 0.717) is 28.6 Å². The van der Waals surface area contributed by atoms with E-state index < -0.39 is 0 Å². The van der Waals surface area contributed by atoms with Gasteiger partial charge in [-0.2, -0.15) is 4.98 Å². The summed E-state index contributed by atoms with van der Waals surface area (Å²) >= 11 is 4.85. The molecule has 0 fully saturated rings. The molecule has 0 radical (unpaired) electrons. The van der Waals surface area contributed by atoms with Crippen molar-refractivity contribution in [3.63, 3.8) is 0 Å². The summed E-state index contributed by atoms with van der Waals surface area (Å²) in [4.78, 5) is 8.40. The van der Waals surface area contributed by atoms with Crippen molar-refractivity contribution in [2.45, 2.75) is 17.9 Å². The van der Waals surface area contributed by atoms with Crippen LogP contribution in [0, 0.1) is 6.92 Å². The number of aryl methyl sites for hydroxylation is 1. The summed E-state index contributed by atoms with van der Waals surface area (Å²) in [5.74, 6) is 1.92. The Morgan fingerprint density at radius 3 is 2.81 bits per heavy atom. The molecule has 0 aliphatic carbocycles. The lowest BCUT2D eigenvalue weighted by atomic mass is 10.1. The van der Waals surface area contributed by atoms with E-state index in [9.17, 15) is 0 Å². The average molecular weight is 430 g/mol. The Bertz CT molecular complexity index is 1030. The number of hydrogen-bond donors (Lipinski definition) is 0. The number of pyridine rings is 1. The van der Waals surface area contributed by atoms with Crippen molar-refractivity contribution in [3.8, 4) is 22.8 Å². The molecule has 3 aromatic heterocycles. The van der Waals surface area contributed by atoms with Crippen LogP contribution in [0.1, 0.15) is 11.5 Å². The van der Waals surface area contributed by atoms with Crippen LogP contribution in [0.2, 0.25) is 0 Å². The zero-order valence-electron chi connectivity index (χ0n) is 13.6. The van der Waals surface area contributed by atoms with Gasteiger partial charge in [0.15, 0.2) is 0 Å². The summed E-state index contributed by atoms with van der Waals surface area (Å²) in [5.41, 5.74) is 2.84. The van der Waals surface area contributed by atoms with Gasteiger partial charge in [-0.25, -0.2) is 0 Å². The molecular formula is C17H12BrN5O2S. The van der Waals surface area contributed by atoms with Gasteiger partial charge in [0.25, 0.3) is 5.22 Å². The molecule has 0 bridgehead atoms. The Morgan fingerprint density at radius 2 is 1.96 bits per heavy atom. The van der Waals surface area contributed by atoms with Crippen molar-refractivity contribution in [2.24, 2.45) is 0 Å². The lowest BCUT2D eigenvalue weighted by Gasteiger charge is -2.00. The Hall–Kier alpha value is -2.52. The van der Waals surface area contributed by atoms with E-state index in [-0.39, 0.29) is 0 Å². The highest BCUT2D eigenvalue weighted by Gasteiger charge is 2.14. The standard InChI is InChI=1S/C17H12BrN5O2S/c1-10-2-3-13(18)12(8-10)15-20-14(25-23-15)9-26-17-22-21-16(24-17)11-4-6-19-7-5-11/h2-8H,9H2,1H3. The smallest absolute Gasteiger partial charge is 0.277 e. The minimum Gasteiger partial charge on any atom is -0.411 e. The SMILES string of the molecule is Cc1ccc(Br)c(-c2noc(CSc3nnc(-c4ccncc4)o3)n2)c1. The van der Waals surface area contributed by atoms with Crippen LogP contribution in [0.25, 0.3) is 22.8 Å². The molecule has 4 rings (SSSR count). The average Bonchev–Trinajstić information content (AvgIpc) is 3.32. The molecule has 26 heavy (non-hydrogen) atoms. The van der Waals surface area contributed by atoms with Crippen LogP contribution in [0.15, 0.2) is 61.4 Å². The maximum absolute atomic E-state index is 5.63. The van der Waals surface area contributed by atoms with Crippen molar-refractivity contribution in [2.75, 3.05) is 0 Å². The van der Waals surface area contributed by atoms with Gasteiger partial charge in [-0.05, 0) is 31.2 Å². The first-order valence-electron chi connectivity index (χ1n) is 7.65. The molecule has 0 unspecified atom stereocenters. The molecule has 0 N–H and O–H groups in total. The number of hydrogen-bond acceptors (Lipinski definition) is 8. The normalized spacial score (nSPS) is 11.0. The summed E-state index contributed by atoms with van der Waals surface area (Å²) in [6.45, 7) is 2.02. The van der Waals surface area contributed by atoms with Gasteiger partial charge in [-0.15, -0.1) is 10.2 Å². The van der Waals surface area contributed by atoms with Gasteiger partial charge in [-0.1, -0.05) is 44.5 Å². The van der Waals surface area contributed by atoms with Gasteiger partial charge >= 0.3 is 0 Å². The van der Waals surface area contributed by atoms with E-state index in [1.807, 2.05) is 37.3 Å². The number of aromatic nitrogens is 5. The zero-order chi connectivity index (χ0) is 17.9. The minimum absolute atomic E-state index is 0.438. The van der Waals surface area contributed by atoms with Gasteiger partial charge < -0.3 is 8.94 Å². The van der Waals surface area contributed by atoms with Crippen molar-refractivity contribution in [1.82, 2.24) is 25.3 Å². The second kappa shape index (κ2) is 7.38. The monoisotopic (exact) mass is 429 g/mol. The predicted molar refractivity (Wildman–Crippen MR) is 99.3 cm³/mol. The van der Waals surface area contributed by atoms with Crippen molar-refractivity contribution in [1.29, 1.82) is 0 Å². The number of halogens is 1. The number of benzene rings is 1. The van der Waals surface area contributed by atoms with E-state index in [2.05, 4.69) is 41.3 Å². The molecule has 7 nitrogen and oxygen atoms in total. The van der Waals surface area contributed by atoms with Gasteiger partial charge in [-0.3, -0.25) is 4.98 Å². The van der Waals surface area contributed by atoms with E-state index in [4.69, 9.17) is 8.94 Å². The Morgan fingerprint density at radius 1 is 1.12 bits per heavy atom. The Balaban J connectivity index is 1.46. The topological polar surface area (TPSA) is 90.7 Å². The fourth-order valence-corrected chi connectivity index (χ4v) is 3.26. The fraction of sp³-hybridized carbons (Fsp3) is 0.118. The maximum atomic E-state index is 5.63. The first-order chi connectivity index (χ1) is 12.7. The molecule has 0 spiro atoms. The quantitative estimate of drug-likeness (QED) is 0.426. The molecule has 0 aliphatic rings. The van der Waals surface area contributed by atoms with Crippen LogP contribution in [0.4, 0.5) is 0 Å². The van der Waals surface area contributed by atoms with Crippen LogP contribution in [0.5, 0.6) is 0 Å². The van der Waals surface area contributed by atoms with E-state index in [1.54, 1.807) is 12.4 Å². The summed E-state index contributed by atoms with van der Waals surface area (Å²) in [6.07, 6.45) is 3.35. The molecule has 0 saturated heterocycles. The third-order valence-electron chi connectivity index (χ3n) is 3.48.